The molecule has 0 spiro atoms. The Morgan fingerprint density at radius 2 is 2.44 bits per heavy atom. The van der Waals surface area contributed by atoms with E-state index in [2.05, 4.69) is 5.10 Å². The van der Waals surface area contributed by atoms with Gasteiger partial charge >= 0.3 is 0 Å². The average Bonchev–Trinajstić information content (AvgIpc) is 2.28. The van der Waals surface area contributed by atoms with Gasteiger partial charge < -0.3 is 10.6 Å². The molecule has 86 valence electrons. The van der Waals surface area contributed by atoms with Crippen LogP contribution in [0.15, 0.2) is 17.1 Å². The molecule has 0 aromatic carbocycles. The number of aromatic nitrogens is 2. The summed E-state index contributed by atoms with van der Waals surface area (Å²) in [5.41, 5.74) is 5.84. The quantitative estimate of drug-likeness (QED) is 0.755. The predicted octanol–water partition coefficient (Wildman–Crippen LogP) is -0.277. The van der Waals surface area contributed by atoms with Gasteiger partial charge in [-0.1, -0.05) is 0 Å². The number of likely N-dealkylation sites (N-methyl/N-ethyl adjacent to an activating group) is 1. The molecule has 6 heteroatoms. The fraction of sp³-hybridized carbons (Fsp3) is 0.500. The van der Waals surface area contributed by atoms with Gasteiger partial charge in [-0.3, -0.25) is 4.79 Å². The smallest absolute Gasteiger partial charge is 0.270 e. The molecule has 0 bridgehead atoms. The van der Waals surface area contributed by atoms with Crippen molar-refractivity contribution < 1.29 is 0 Å². The van der Waals surface area contributed by atoms with Crippen LogP contribution in [-0.4, -0.2) is 29.9 Å². The number of hydrogen-bond donors (Lipinski definition) is 1. The maximum absolute atomic E-state index is 11.6. The van der Waals surface area contributed by atoms with E-state index in [1.807, 2.05) is 18.0 Å². The van der Waals surface area contributed by atoms with Crippen LogP contribution in [0.2, 0.25) is 0 Å². The zero-order chi connectivity index (χ0) is 12.1. The number of nitriles is 1. The van der Waals surface area contributed by atoms with E-state index in [-0.39, 0.29) is 5.56 Å². The molecule has 0 amide bonds. The van der Waals surface area contributed by atoms with Gasteiger partial charge in [-0.2, -0.15) is 10.4 Å². The minimum Gasteiger partial charge on any atom is -0.372 e. The van der Waals surface area contributed by atoms with Gasteiger partial charge in [0.1, 0.15) is 6.04 Å². The van der Waals surface area contributed by atoms with Gasteiger partial charge in [-0.25, -0.2) is 4.68 Å². The van der Waals surface area contributed by atoms with Crippen LogP contribution in [0.3, 0.4) is 0 Å². The summed E-state index contributed by atoms with van der Waals surface area (Å²) < 4.78 is 1.15. The first kappa shape index (κ1) is 12.2. The van der Waals surface area contributed by atoms with Crippen molar-refractivity contribution in [2.75, 3.05) is 25.0 Å². The summed E-state index contributed by atoms with van der Waals surface area (Å²) in [4.78, 5) is 13.5. The SMILES string of the molecule is CC(C#N)n1ncc(N(C)CCN)cc1=O. The number of hydrogen-bond acceptors (Lipinski definition) is 5. The zero-order valence-electron chi connectivity index (χ0n) is 9.42. The molecule has 1 unspecified atom stereocenters. The number of nitrogens with two attached hydrogens (primary N) is 1. The molecule has 2 N–H and O–H groups in total. The molecule has 6 nitrogen and oxygen atoms in total. The zero-order valence-corrected chi connectivity index (χ0v) is 9.42. The molecule has 0 aliphatic heterocycles. The van der Waals surface area contributed by atoms with Crippen LogP contribution in [0.1, 0.15) is 13.0 Å². The molecule has 1 heterocycles. The van der Waals surface area contributed by atoms with Crippen LogP contribution < -0.4 is 16.2 Å². The fourth-order valence-corrected chi connectivity index (χ4v) is 1.29. The van der Waals surface area contributed by atoms with Gasteiger partial charge in [0, 0.05) is 26.2 Å². The van der Waals surface area contributed by atoms with Crippen molar-refractivity contribution in [3.05, 3.63) is 22.6 Å². The molecule has 1 rings (SSSR count). The second kappa shape index (κ2) is 5.28. The fourth-order valence-electron chi connectivity index (χ4n) is 1.29. The Hall–Kier alpha value is -1.87. The Labute approximate surface area is 93.9 Å². The minimum absolute atomic E-state index is 0.282. The van der Waals surface area contributed by atoms with E-state index >= 15 is 0 Å². The van der Waals surface area contributed by atoms with E-state index < -0.39 is 6.04 Å². The highest BCUT2D eigenvalue weighted by molar-refractivity contribution is 5.41. The number of nitrogens with zero attached hydrogens (tertiary/aromatic N) is 4. The van der Waals surface area contributed by atoms with Crippen LogP contribution in [0, 0.1) is 11.3 Å². The normalized spacial score (nSPS) is 11.9. The first-order valence-electron chi connectivity index (χ1n) is 5.00. The van der Waals surface area contributed by atoms with Gasteiger partial charge in [0.15, 0.2) is 0 Å². The third-order valence-electron chi connectivity index (χ3n) is 2.27. The first-order valence-corrected chi connectivity index (χ1v) is 5.00. The molecule has 0 aliphatic carbocycles. The molecule has 1 aromatic rings. The second-order valence-electron chi connectivity index (χ2n) is 3.51. The van der Waals surface area contributed by atoms with Gasteiger partial charge in [0.2, 0.25) is 0 Å². The van der Waals surface area contributed by atoms with Crippen molar-refractivity contribution in [1.82, 2.24) is 9.78 Å². The summed E-state index contributed by atoms with van der Waals surface area (Å²) in [6, 6.07) is 2.86. The molecule has 16 heavy (non-hydrogen) atoms. The lowest BCUT2D eigenvalue weighted by Crippen LogP contribution is -2.29. The van der Waals surface area contributed by atoms with Crippen molar-refractivity contribution >= 4 is 5.69 Å². The van der Waals surface area contributed by atoms with Crippen LogP contribution >= 0.6 is 0 Å². The molecular weight excluding hydrogens is 206 g/mol. The van der Waals surface area contributed by atoms with Crippen LogP contribution in [0.5, 0.6) is 0 Å². The third-order valence-corrected chi connectivity index (χ3v) is 2.27. The highest BCUT2D eigenvalue weighted by Gasteiger charge is 2.08. The van der Waals surface area contributed by atoms with E-state index in [1.54, 1.807) is 13.1 Å². The molecule has 0 fully saturated rings. The Morgan fingerprint density at radius 1 is 1.75 bits per heavy atom. The Morgan fingerprint density at radius 3 is 2.94 bits per heavy atom. The summed E-state index contributed by atoms with van der Waals surface area (Å²) in [6.07, 6.45) is 1.56. The average molecular weight is 221 g/mol. The number of rotatable bonds is 4. The van der Waals surface area contributed by atoms with E-state index in [9.17, 15) is 4.79 Å². The van der Waals surface area contributed by atoms with Gasteiger partial charge in [-0.15, -0.1) is 0 Å². The summed E-state index contributed by atoms with van der Waals surface area (Å²) in [5, 5.41) is 12.7. The van der Waals surface area contributed by atoms with Crippen molar-refractivity contribution in [2.24, 2.45) is 5.73 Å². The van der Waals surface area contributed by atoms with Gasteiger partial charge in [0.25, 0.3) is 5.56 Å². The molecular formula is C10H15N5O. The first-order chi connectivity index (χ1) is 7.60. The largest absolute Gasteiger partial charge is 0.372 e. The van der Waals surface area contributed by atoms with Crippen molar-refractivity contribution in [2.45, 2.75) is 13.0 Å². The summed E-state index contributed by atoms with van der Waals surface area (Å²) >= 11 is 0. The van der Waals surface area contributed by atoms with E-state index in [4.69, 9.17) is 11.0 Å². The van der Waals surface area contributed by atoms with Crippen molar-refractivity contribution in [1.29, 1.82) is 5.26 Å². The second-order valence-corrected chi connectivity index (χ2v) is 3.51. The lowest BCUT2D eigenvalue weighted by molar-refractivity contribution is 0.554. The topological polar surface area (TPSA) is 87.9 Å². The van der Waals surface area contributed by atoms with Crippen LogP contribution in [0.25, 0.3) is 0 Å². The summed E-state index contributed by atoms with van der Waals surface area (Å²) in [7, 11) is 1.83. The van der Waals surface area contributed by atoms with Crippen LogP contribution in [-0.2, 0) is 0 Å². The maximum atomic E-state index is 11.6. The lowest BCUT2D eigenvalue weighted by atomic mass is 10.3. The highest BCUT2D eigenvalue weighted by atomic mass is 16.1. The maximum Gasteiger partial charge on any atom is 0.270 e. The molecule has 0 radical (unpaired) electrons. The molecule has 0 aliphatic rings. The third kappa shape index (κ3) is 2.58. The molecule has 0 saturated heterocycles. The van der Waals surface area contributed by atoms with E-state index in [0.717, 1.165) is 4.68 Å². The minimum atomic E-state index is -0.554. The predicted molar refractivity (Wildman–Crippen MR) is 61.1 cm³/mol. The molecule has 1 atom stereocenters. The Balaban J connectivity index is 3.01. The summed E-state index contributed by atoms with van der Waals surface area (Å²) in [6.45, 7) is 2.78. The van der Waals surface area contributed by atoms with Gasteiger partial charge in [-0.05, 0) is 6.92 Å². The van der Waals surface area contributed by atoms with E-state index in [0.29, 0.717) is 18.8 Å². The molecule has 0 saturated carbocycles. The monoisotopic (exact) mass is 221 g/mol. The summed E-state index contributed by atoms with van der Waals surface area (Å²) in [5.74, 6) is 0. The van der Waals surface area contributed by atoms with Crippen molar-refractivity contribution in [3.8, 4) is 6.07 Å². The Bertz CT molecular complexity index is 447. The Kier molecular flexibility index (Phi) is 4.03. The van der Waals surface area contributed by atoms with Crippen LogP contribution in [0.4, 0.5) is 5.69 Å². The highest BCUT2D eigenvalue weighted by Crippen LogP contribution is 2.07. The lowest BCUT2D eigenvalue weighted by Gasteiger charge is -2.18. The standard InChI is InChI=1S/C10H15N5O/c1-8(6-12)15-10(16)5-9(7-13-15)14(2)4-3-11/h5,7-8H,3-4,11H2,1-2H3. The number of anilines is 1. The van der Waals surface area contributed by atoms with Gasteiger partial charge in [0.05, 0.1) is 18.0 Å². The van der Waals surface area contributed by atoms with Crippen molar-refractivity contribution in [3.63, 3.8) is 0 Å². The van der Waals surface area contributed by atoms with E-state index in [1.165, 1.54) is 6.07 Å². The molecule has 1 aromatic heterocycles.